The van der Waals surface area contributed by atoms with Gasteiger partial charge in [-0.15, -0.1) is 0 Å². The van der Waals surface area contributed by atoms with Gasteiger partial charge in [-0.05, 0) is 25.0 Å². The molecule has 1 aromatic rings. The van der Waals surface area contributed by atoms with Crippen LogP contribution in [0.25, 0.3) is 0 Å². The summed E-state index contributed by atoms with van der Waals surface area (Å²) in [6.07, 6.45) is -4.23. The highest BCUT2D eigenvalue weighted by atomic mass is 32.2. The Balaban J connectivity index is 2.03. The van der Waals surface area contributed by atoms with Gasteiger partial charge in [-0.1, -0.05) is 0 Å². The second-order valence-electron chi connectivity index (χ2n) is 5.75. The van der Waals surface area contributed by atoms with Crippen LogP contribution in [0.3, 0.4) is 0 Å². The van der Waals surface area contributed by atoms with E-state index in [1.807, 2.05) is 0 Å². The third kappa shape index (κ3) is 5.81. The standard InChI is InChI=1S/C14H17F4N3O4S/c15-10-1-2-12(25-8-14(16,17)18)11(7-10)20-13(22)9-3-5-21(6-4-9)26(19,23)24/h1-2,7,9H,3-6,8H2,(H,20,22)(H2,19,23,24). The van der Waals surface area contributed by atoms with Gasteiger partial charge in [-0.3, -0.25) is 4.79 Å². The van der Waals surface area contributed by atoms with Crippen LogP contribution in [-0.4, -0.2) is 44.5 Å². The molecule has 1 saturated heterocycles. The van der Waals surface area contributed by atoms with E-state index in [0.717, 1.165) is 22.5 Å². The number of amides is 1. The molecule has 12 heteroatoms. The van der Waals surface area contributed by atoms with Crippen LogP contribution in [0.4, 0.5) is 23.2 Å². The zero-order valence-corrected chi connectivity index (χ0v) is 14.2. The molecule has 1 aliphatic rings. The highest BCUT2D eigenvalue weighted by molar-refractivity contribution is 7.86. The zero-order chi connectivity index (χ0) is 19.5. The van der Waals surface area contributed by atoms with Gasteiger partial charge in [0.05, 0.1) is 5.69 Å². The van der Waals surface area contributed by atoms with Crippen molar-refractivity contribution >= 4 is 21.8 Å². The fourth-order valence-corrected chi connectivity index (χ4v) is 3.21. The van der Waals surface area contributed by atoms with E-state index in [0.29, 0.717) is 0 Å². The summed E-state index contributed by atoms with van der Waals surface area (Å²) in [6.45, 7) is -1.51. The number of hydrogen-bond acceptors (Lipinski definition) is 4. The molecule has 1 aromatic carbocycles. The molecular weight excluding hydrogens is 382 g/mol. The van der Waals surface area contributed by atoms with Crippen LogP contribution < -0.4 is 15.2 Å². The number of carbonyl (C=O) groups is 1. The number of carbonyl (C=O) groups excluding carboxylic acids is 1. The number of halogens is 4. The van der Waals surface area contributed by atoms with Crippen LogP contribution in [0.1, 0.15) is 12.8 Å². The van der Waals surface area contributed by atoms with Crippen LogP contribution in [0.15, 0.2) is 18.2 Å². The van der Waals surface area contributed by atoms with Crippen molar-refractivity contribution in [1.29, 1.82) is 0 Å². The number of anilines is 1. The molecule has 0 radical (unpaired) electrons. The van der Waals surface area contributed by atoms with Gasteiger partial charge in [0.25, 0.3) is 10.2 Å². The Hall–Kier alpha value is -1.92. The quantitative estimate of drug-likeness (QED) is 0.735. The summed E-state index contributed by atoms with van der Waals surface area (Å²) in [5, 5.41) is 7.35. The van der Waals surface area contributed by atoms with Crippen molar-refractivity contribution in [1.82, 2.24) is 4.31 Å². The Kier molecular flexibility index (Phi) is 6.09. The molecule has 2 rings (SSSR count). The highest BCUT2D eigenvalue weighted by Gasteiger charge is 2.31. The number of alkyl halides is 3. The van der Waals surface area contributed by atoms with Crippen molar-refractivity contribution < 1.29 is 35.5 Å². The van der Waals surface area contributed by atoms with Crippen molar-refractivity contribution in [3.8, 4) is 5.75 Å². The average Bonchev–Trinajstić information content (AvgIpc) is 2.52. The van der Waals surface area contributed by atoms with E-state index in [1.54, 1.807) is 0 Å². The van der Waals surface area contributed by atoms with Gasteiger partial charge < -0.3 is 10.1 Å². The van der Waals surface area contributed by atoms with E-state index in [4.69, 9.17) is 5.14 Å². The third-order valence-electron chi connectivity index (χ3n) is 3.78. The Morgan fingerprint density at radius 2 is 1.92 bits per heavy atom. The van der Waals surface area contributed by atoms with Crippen LogP contribution in [-0.2, 0) is 15.0 Å². The van der Waals surface area contributed by atoms with Gasteiger partial charge in [0.1, 0.15) is 11.6 Å². The average molecular weight is 399 g/mol. The lowest BCUT2D eigenvalue weighted by molar-refractivity contribution is -0.153. The summed E-state index contributed by atoms with van der Waals surface area (Å²) in [5.74, 6) is -2.24. The van der Waals surface area contributed by atoms with Crippen molar-refractivity contribution in [2.75, 3.05) is 25.0 Å². The molecule has 0 bridgehead atoms. The third-order valence-corrected chi connectivity index (χ3v) is 4.86. The topological polar surface area (TPSA) is 102 Å². The molecule has 1 amide bonds. The molecule has 0 aliphatic carbocycles. The lowest BCUT2D eigenvalue weighted by Gasteiger charge is -2.29. The molecule has 0 unspecified atom stereocenters. The van der Waals surface area contributed by atoms with E-state index >= 15 is 0 Å². The summed E-state index contributed by atoms with van der Waals surface area (Å²) >= 11 is 0. The first-order chi connectivity index (χ1) is 12.0. The Labute approximate surface area is 147 Å². The monoisotopic (exact) mass is 399 g/mol. The predicted molar refractivity (Wildman–Crippen MR) is 84.0 cm³/mol. The number of hydrogen-bond donors (Lipinski definition) is 2. The van der Waals surface area contributed by atoms with Crippen LogP contribution in [0.5, 0.6) is 5.75 Å². The SMILES string of the molecule is NS(=O)(=O)N1CCC(C(=O)Nc2cc(F)ccc2OCC(F)(F)F)CC1. The van der Waals surface area contributed by atoms with Crippen molar-refractivity contribution in [2.24, 2.45) is 11.1 Å². The van der Waals surface area contributed by atoms with Gasteiger partial charge in [0.15, 0.2) is 6.61 Å². The molecule has 146 valence electrons. The van der Waals surface area contributed by atoms with Crippen LogP contribution in [0, 0.1) is 11.7 Å². The van der Waals surface area contributed by atoms with E-state index in [9.17, 15) is 30.8 Å². The second kappa shape index (κ2) is 7.76. The summed E-state index contributed by atoms with van der Waals surface area (Å²) < 4.78 is 78.3. The molecule has 0 aromatic heterocycles. The Morgan fingerprint density at radius 1 is 1.31 bits per heavy atom. The van der Waals surface area contributed by atoms with Gasteiger partial charge in [-0.2, -0.15) is 25.9 Å². The normalized spacial score (nSPS) is 17.1. The number of nitrogens with one attached hydrogen (secondary N) is 1. The van der Waals surface area contributed by atoms with Crippen molar-refractivity contribution in [3.05, 3.63) is 24.0 Å². The maximum atomic E-state index is 13.4. The summed E-state index contributed by atoms with van der Waals surface area (Å²) in [5.41, 5.74) is -0.229. The van der Waals surface area contributed by atoms with E-state index in [2.05, 4.69) is 10.1 Å². The second-order valence-corrected chi connectivity index (χ2v) is 7.30. The van der Waals surface area contributed by atoms with Crippen LogP contribution in [0.2, 0.25) is 0 Å². The number of rotatable bonds is 5. The van der Waals surface area contributed by atoms with E-state index < -0.39 is 40.6 Å². The number of piperidine rings is 1. The predicted octanol–water partition coefficient (Wildman–Crippen LogP) is 1.62. The summed E-state index contributed by atoms with van der Waals surface area (Å²) in [4.78, 5) is 12.3. The van der Waals surface area contributed by atoms with E-state index in [-0.39, 0.29) is 37.4 Å². The first-order valence-corrected chi connectivity index (χ1v) is 9.04. The maximum absolute atomic E-state index is 13.4. The zero-order valence-electron chi connectivity index (χ0n) is 13.4. The molecular formula is C14H17F4N3O4S. The van der Waals surface area contributed by atoms with E-state index in [1.165, 1.54) is 0 Å². The number of benzene rings is 1. The number of nitrogens with zero attached hydrogens (tertiary/aromatic N) is 1. The highest BCUT2D eigenvalue weighted by Crippen LogP contribution is 2.29. The van der Waals surface area contributed by atoms with Crippen LogP contribution >= 0.6 is 0 Å². The minimum absolute atomic E-state index is 0.0392. The fourth-order valence-electron chi connectivity index (χ4n) is 2.49. The molecule has 1 aliphatic heterocycles. The molecule has 1 heterocycles. The number of nitrogens with two attached hydrogens (primary N) is 1. The molecule has 26 heavy (non-hydrogen) atoms. The van der Waals surface area contributed by atoms with Crippen molar-refractivity contribution in [3.63, 3.8) is 0 Å². The number of ether oxygens (including phenoxy) is 1. The Bertz CT molecular complexity index is 762. The van der Waals surface area contributed by atoms with Gasteiger partial charge >= 0.3 is 6.18 Å². The Morgan fingerprint density at radius 3 is 2.46 bits per heavy atom. The lowest BCUT2D eigenvalue weighted by Crippen LogP contribution is -2.44. The maximum Gasteiger partial charge on any atom is 0.422 e. The largest absolute Gasteiger partial charge is 0.482 e. The van der Waals surface area contributed by atoms with Gasteiger partial charge in [0, 0.05) is 25.1 Å². The molecule has 0 saturated carbocycles. The summed E-state index contributed by atoms with van der Waals surface area (Å²) in [7, 11) is -3.84. The van der Waals surface area contributed by atoms with Crippen molar-refractivity contribution in [2.45, 2.75) is 19.0 Å². The first-order valence-electron chi connectivity index (χ1n) is 7.53. The molecule has 0 spiro atoms. The smallest absolute Gasteiger partial charge is 0.422 e. The molecule has 3 N–H and O–H groups in total. The molecule has 7 nitrogen and oxygen atoms in total. The molecule has 1 fully saturated rings. The summed E-state index contributed by atoms with van der Waals surface area (Å²) in [6, 6.07) is 2.75. The molecule has 0 atom stereocenters. The van der Waals surface area contributed by atoms with Gasteiger partial charge in [-0.25, -0.2) is 9.53 Å². The lowest BCUT2D eigenvalue weighted by atomic mass is 9.97. The fraction of sp³-hybridized carbons (Fsp3) is 0.500. The van der Waals surface area contributed by atoms with Gasteiger partial charge in [0.2, 0.25) is 5.91 Å². The minimum Gasteiger partial charge on any atom is -0.482 e. The minimum atomic E-state index is -4.59. The first kappa shape index (κ1) is 20.4.